The van der Waals surface area contributed by atoms with Crippen molar-refractivity contribution < 1.29 is 18.0 Å². The van der Waals surface area contributed by atoms with Crippen LogP contribution in [-0.2, 0) is 17.4 Å². The maximum absolute atomic E-state index is 13.2. The Bertz CT molecular complexity index is 767. The van der Waals surface area contributed by atoms with E-state index < -0.39 is 11.7 Å². The Labute approximate surface area is 155 Å². The zero-order chi connectivity index (χ0) is 19.3. The highest BCUT2D eigenvalue weighted by Gasteiger charge is 2.37. The van der Waals surface area contributed by atoms with Crippen molar-refractivity contribution in [2.45, 2.75) is 25.4 Å². The maximum atomic E-state index is 13.2. The van der Waals surface area contributed by atoms with E-state index in [1.165, 1.54) is 12.3 Å². The highest BCUT2D eigenvalue weighted by atomic mass is 19.4. The fourth-order valence-corrected chi connectivity index (χ4v) is 3.26. The van der Waals surface area contributed by atoms with Crippen molar-refractivity contribution in [3.05, 3.63) is 54.0 Å². The van der Waals surface area contributed by atoms with Gasteiger partial charge in [-0.2, -0.15) is 13.2 Å². The van der Waals surface area contributed by atoms with E-state index in [-0.39, 0.29) is 24.2 Å². The van der Waals surface area contributed by atoms with Gasteiger partial charge in [-0.25, -0.2) is 4.98 Å². The summed E-state index contributed by atoms with van der Waals surface area (Å²) in [6, 6.07) is 7.89. The van der Waals surface area contributed by atoms with Gasteiger partial charge in [-0.15, -0.1) is 0 Å². The molecule has 3 heterocycles. The SMILES string of the molecule is O=C(NCCc1ccccn1)C1CCCN(c2ncccc2C(F)(F)F)C1. The third-order valence-corrected chi connectivity index (χ3v) is 4.59. The Balaban J connectivity index is 1.60. The van der Waals surface area contributed by atoms with Gasteiger partial charge in [-0.3, -0.25) is 9.78 Å². The monoisotopic (exact) mass is 378 g/mol. The summed E-state index contributed by atoms with van der Waals surface area (Å²) in [6.07, 6.45) is 0.484. The van der Waals surface area contributed by atoms with Crippen LogP contribution < -0.4 is 10.2 Å². The third kappa shape index (κ3) is 4.96. The van der Waals surface area contributed by atoms with Crippen LogP contribution in [0.15, 0.2) is 42.7 Å². The molecule has 0 bridgehead atoms. The minimum Gasteiger partial charge on any atom is -0.355 e. The summed E-state index contributed by atoms with van der Waals surface area (Å²) >= 11 is 0. The van der Waals surface area contributed by atoms with E-state index in [4.69, 9.17) is 0 Å². The summed E-state index contributed by atoms with van der Waals surface area (Å²) in [5, 5.41) is 2.87. The lowest BCUT2D eigenvalue weighted by Crippen LogP contribution is -2.44. The largest absolute Gasteiger partial charge is 0.419 e. The van der Waals surface area contributed by atoms with Crippen LogP contribution in [0.5, 0.6) is 0 Å². The molecular weight excluding hydrogens is 357 g/mol. The molecule has 1 atom stereocenters. The molecular formula is C19H21F3N4O. The van der Waals surface area contributed by atoms with Crippen LogP contribution >= 0.6 is 0 Å². The van der Waals surface area contributed by atoms with Gasteiger partial charge in [0.05, 0.1) is 11.5 Å². The highest BCUT2D eigenvalue weighted by molar-refractivity contribution is 5.79. The lowest BCUT2D eigenvalue weighted by atomic mass is 9.96. The van der Waals surface area contributed by atoms with Crippen molar-refractivity contribution in [3.63, 3.8) is 0 Å². The fourth-order valence-electron chi connectivity index (χ4n) is 3.26. The molecule has 1 N–H and O–H groups in total. The molecule has 0 radical (unpaired) electrons. The summed E-state index contributed by atoms with van der Waals surface area (Å²) in [7, 11) is 0. The van der Waals surface area contributed by atoms with E-state index in [9.17, 15) is 18.0 Å². The molecule has 1 unspecified atom stereocenters. The highest BCUT2D eigenvalue weighted by Crippen LogP contribution is 2.36. The molecule has 8 heteroatoms. The van der Waals surface area contributed by atoms with Gasteiger partial charge in [0.2, 0.25) is 5.91 Å². The molecule has 0 aliphatic carbocycles. The van der Waals surface area contributed by atoms with Crippen LogP contribution in [0.4, 0.5) is 19.0 Å². The maximum Gasteiger partial charge on any atom is 0.419 e. The Kier molecular flexibility index (Phi) is 5.93. The van der Waals surface area contributed by atoms with Gasteiger partial charge < -0.3 is 10.2 Å². The first-order chi connectivity index (χ1) is 12.9. The topological polar surface area (TPSA) is 58.1 Å². The van der Waals surface area contributed by atoms with E-state index in [1.54, 1.807) is 11.1 Å². The second-order valence-corrected chi connectivity index (χ2v) is 6.52. The lowest BCUT2D eigenvalue weighted by Gasteiger charge is -2.34. The summed E-state index contributed by atoms with van der Waals surface area (Å²) < 4.78 is 39.7. The second-order valence-electron chi connectivity index (χ2n) is 6.52. The van der Waals surface area contributed by atoms with Gasteiger partial charge in [0, 0.05) is 44.1 Å². The first-order valence-corrected chi connectivity index (χ1v) is 8.90. The molecule has 1 saturated heterocycles. The van der Waals surface area contributed by atoms with Crippen molar-refractivity contribution >= 4 is 11.7 Å². The molecule has 0 spiro atoms. The number of amides is 1. The van der Waals surface area contributed by atoms with Crippen molar-refractivity contribution in [1.29, 1.82) is 0 Å². The molecule has 1 fully saturated rings. The predicted molar refractivity (Wildman–Crippen MR) is 95.1 cm³/mol. The van der Waals surface area contributed by atoms with E-state index in [0.717, 1.165) is 11.8 Å². The summed E-state index contributed by atoms with van der Waals surface area (Å²) in [5.74, 6) is -0.596. The van der Waals surface area contributed by atoms with Crippen molar-refractivity contribution in [2.75, 3.05) is 24.5 Å². The number of hydrogen-bond donors (Lipinski definition) is 1. The summed E-state index contributed by atoms with van der Waals surface area (Å²) in [5.41, 5.74) is 0.118. The number of alkyl halides is 3. The van der Waals surface area contributed by atoms with Crippen LogP contribution in [0.3, 0.4) is 0 Å². The second kappa shape index (κ2) is 8.37. The molecule has 0 aromatic carbocycles. The van der Waals surface area contributed by atoms with Gasteiger partial charge in [-0.1, -0.05) is 6.07 Å². The van der Waals surface area contributed by atoms with Crippen LogP contribution in [0.2, 0.25) is 0 Å². The van der Waals surface area contributed by atoms with Crippen LogP contribution in [0.25, 0.3) is 0 Å². The quantitative estimate of drug-likeness (QED) is 0.869. The molecule has 2 aromatic heterocycles. The number of anilines is 1. The number of carbonyl (C=O) groups is 1. The summed E-state index contributed by atoms with van der Waals surface area (Å²) in [4.78, 5) is 22.1. The number of aromatic nitrogens is 2. The average molecular weight is 378 g/mol. The molecule has 1 aliphatic rings. The molecule has 5 nitrogen and oxygen atoms in total. The Hall–Kier alpha value is -2.64. The van der Waals surface area contributed by atoms with E-state index in [0.29, 0.717) is 32.4 Å². The van der Waals surface area contributed by atoms with E-state index in [2.05, 4.69) is 15.3 Å². The zero-order valence-electron chi connectivity index (χ0n) is 14.7. The number of pyridine rings is 2. The number of nitrogens with zero attached hydrogens (tertiary/aromatic N) is 3. The lowest BCUT2D eigenvalue weighted by molar-refractivity contribution is -0.137. The number of hydrogen-bond acceptors (Lipinski definition) is 4. The number of halogens is 3. The molecule has 2 aromatic rings. The van der Waals surface area contributed by atoms with Gasteiger partial charge >= 0.3 is 6.18 Å². The van der Waals surface area contributed by atoms with Crippen molar-refractivity contribution in [1.82, 2.24) is 15.3 Å². The minimum atomic E-state index is -4.47. The van der Waals surface area contributed by atoms with Gasteiger partial charge in [0.1, 0.15) is 5.82 Å². The van der Waals surface area contributed by atoms with Crippen molar-refractivity contribution in [2.24, 2.45) is 5.92 Å². The number of rotatable bonds is 5. The normalized spacial score (nSPS) is 17.6. The minimum absolute atomic E-state index is 0.101. The third-order valence-electron chi connectivity index (χ3n) is 4.59. The molecule has 27 heavy (non-hydrogen) atoms. The van der Waals surface area contributed by atoms with Gasteiger partial charge in [0.15, 0.2) is 0 Å². The van der Waals surface area contributed by atoms with Crippen molar-refractivity contribution in [3.8, 4) is 0 Å². The first-order valence-electron chi connectivity index (χ1n) is 8.90. The van der Waals surface area contributed by atoms with Gasteiger partial charge in [0.25, 0.3) is 0 Å². The van der Waals surface area contributed by atoms with Crippen LogP contribution in [-0.4, -0.2) is 35.5 Å². The van der Waals surface area contributed by atoms with Gasteiger partial charge in [-0.05, 0) is 37.1 Å². The molecule has 144 valence electrons. The molecule has 1 aliphatic heterocycles. The first kappa shape index (κ1) is 19.1. The smallest absolute Gasteiger partial charge is 0.355 e. The standard InChI is InChI=1S/C19H21F3N4O/c20-19(21,22)16-7-3-10-24-17(16)26-12-4-5-14(13-26)18(27)25-11-8-15-6-1-2-9-23-15/h1-3,6-7,9-10,14H,4-5,8,11-13H2,(H,25,27). The Morgan fingerprint density at radius 1 is 1.19 bits per heavy atom. The van der Waals surface area contributed by atoms with Crippen LogP contribution in [0, 0.1) is 5.92 Å². The number of carbonyl (C=O) groups excluding carboxylic acids is 1. The Morgan fingerprint density at radius 3 is 2.74 bits per heavy atom. The molecule has 1 amide bonds. The van der Waals surface area contributed by atoms with Crippen LogP contribution in [0.1, 0.15) is 24.1 Å². The number of nitrogens with one attached hydrogen (secondary N) is 1. The number of piperidine rings is 1. The fraction of sp³-hybridized carbons (Fsp3) is 0.421. The zero-order valence-corrected chi connectivity index (χ0v) is 14.7. The van der Waals surface area contributed by atoms with E-state index >= 15 is 0 Å². The molecule has 0 saturated carbocycles. The summed E-state index contributed by atoms with van der Waals surface area (Å²) in [6.45, 7) is 1.14. The molecule has 3 rings (SSSR count). The average Bonchev–Trinajstić information content (AvgIpc) is 2.68. The van der Waals surface area contributed by atoms with E-state index in [1.807, 2.05) is 18.2 Å². The Morgan fingerprint density at radius 2 is 2.00 bits per heavy atom. The predicted octanol–water partition coefficient (Wildman–Crippen LogP) is 3.07.